The molecular formula is C21H22F3N3O3S. The smallest absolute Gasteiger partial charge is 0.370 e. The minimum absolute atomic E-state index is 0.0811. The second-order valence-electron chi connectivity index (χ2n) is 7.80. The van der Waals surface area contributed by atoms with Crippen molar-refractivity contribution in [1.29, 1.82) is 0 Å². The Bertz CT molecular complexity index is 1130. The van der Waals surface area contributed by atoms with Gasteiger partial charge in [-0.1, -0.05) is 0 Å². The normalized spacial score (nSPS) is 17.1. The predicted molar refractivity (Wildman–Crippen MR) is 112 cm³/mol. The van der Waals surface area contributed by atoms with Crippen LogP contribution in [0.4, 0.5) is 30.2 Å². The van der Waals surface area contributed by atoms with Crippen molar-refractivity contribution in [1.82, 2.24) is 0 Å². The third-order valence-corrected chi connectivity index (χ3v) is 7.07. The van der Waals surface area contributed by atoms with Crippen LogP contribution in [-0.4, -0.2) is 34.5 Å². The molecule has 1 saturated heterocycles. The molecule has 0 bridgehead atoms. The topological polar surface area (TPSA) is 69.7 Å². The maximum absolute atomic E-state index is 13.3. The number of likely N-dealkylation sites (N-methyl/N-ethyl adjacent to an activating group) is 1. The zero-order valence-electron chi connectivity index (χ0n) is 16.9. The van der Waals surface area contributed by atoms with Crippen LogP contribution < -0.4 is 14.5 Å². The first-order chi connectivity index (χ1) is 14.6. The van der Waals surface area contributed by atoms with Crippen molar-refractivity contribution < 1.29 is 26.4 Å². The van der Waals surface area contributed by atoms with Crippen molar-refractivity contribution >= 4 is 33.0 Å². The Kier molecular flexibility index (Phi) is 5.36. The molecule has 1 amide bonds. The monoisotopic (exact) mass is 453 g/mol. The van der Waals surface area contributed by atoms with Gasteiger partial charge in [0.25, 0.3) is 10.0 Å². The van der Waals surface area contributed by atoms with E-state index in [1.165, 1.54) is 29.2 Å². The average molecular weight is 453 g/mol. The number of fused-ring (bicyclic) bond motifs is 1. The molecule has 2 aromatic carbocycles. The van der Waals surface area contributed by atoms with E-state index in [-0.39, 0.29) is 22.9 Å². The number of hydrogen-bond donors (Lipinski definition) is 1. The van der Waals surface area contributed by atoms with Gasteiger partial charge in [0.2, 0.25) is 5.91 Å². The molecule has 0 spiro atoms. The molecule has 2 aliphatic rings. The van der Waals surface area contributed by atoms with E-state index < -0.39 is 21.8 Å². The molecule has 2 aromatic rings. The van der Waals surface area contributed by atoms with Crippen LogP contribution in [0.1, 0.15) is 30.4 Å². The molecule has 1 fully saturated rings. The Morgan fingerprint density at radius 3 is 2.32 bits per heavy atom. The van der Waals surface area contributed by atoms with Gasteiger partial charge < -0.3 is 9.80 Å². The van der Waals surface area contributed by atoms with Crippen LogP contribution in [0.5, 0.6) is 0 Å². The number of piperidine rings is 1. The lowest BCUT2D eigenvalue weighted by Gasteiger charge is -2.31. The fourth-order valence-corrected chi connectivity index (χ4v) is 5.14. The van der Waals surface area contributed by atoms with Crippen LogP contribution >= 0.6 is 0 Å². The Morgan fingerprint density at radius 2 is 1.65 bits per heavy atom. The van der Waals surface area contributed by atoms with Gasteiger partial charge in [0, 0.05) is 25.8 Å². The van der Waals surface area contributed by atoms with E-state index in [0.29, 0.717) is 30.0 Å². The molecule has 1 N–H and O–H groups in total. The lowest BCUT2D eigenvalue weighted by atomic mass is 10.1. The first-order valence-corrected chi connectivity index (χ1v) is 11.4. The number of halogens is 3. The van der Waals surface area contributed by atoms with Crippen LogP contribution in [0.15, 0.2) is 41.3 Å². The summed E-state index contributed by atoms with van der Waals surface area (Å²) in [6.07, 6.45) is -1.71. The first-order valence-electron chi connectivity index (χ1n) is 9.95. The quantitative estimate of drug-likeness (QED) is 0.760. The molecule has 0 aromatic heterocycles. The number of benzene rings is 2. The van der Waals surface area contributed by atoms with Gasteiger partial charge >= 0.3 is 6.18 Å². The van der Waals surface area contributed by atoms with Gasteiger partial charge in [-0.25, -0.2) is 8.42 Å². The lowest BCUT2D eigenvalue weighted by molar-refractivity contribution is -0.137. The zero-order chi connectivity index (χ0) is 22.4. The van der Waals surface area contributed by atoms with Crippen molar-refractivity contribution in [3.8, 4) is 0 Å². The summed E-state index contributed by atoms with van der Waals surface area (Å²) >= 11 is 0. The summed E-state index contributed by atoms with van der Waals surface area (Å²) in [5.41, 5.74) is 0.581. The summed E-state index contributed by atoms with van der Waals surface area (Å²) in [4.78, 5) is 15.1. The number of alkyl halides is 3. The summed E-state index contributed by atoms with van der Waals surface area (Å²) in [5.74, 6) is -0.150. The van der Waals surface area contributed by atoms with Crippen molar-refractivity contribution in [3.63, 3.8) is 0 Å². The van der Waals surface area contributed by atoms with Gasteiger partial charge in [0.1, 0.15) is 0 Å². The summed E-state index contributed by atoms with van der Waals surface area (Å²) in [7, 11) is -2.56. The van der Waals surface area contributed by atoms with Crippen LogP contribution in [0.2, 0.25) is 0 Å². The maximum atomic E-state index is 13.3. The minimum atomic E-state index is -4.60. The van der Waals surface area contributed by atoms with E-state index in [0.717, 1.165) is 31.4 Å². The number of carbonyl (C=O) groups excluding carboxylic acids is 1. The highest BCUT2D eigenvalue weighted by molar-refractivity contribution is 7.92. The van der Waals surface area contributed by atoms with Crippen LogP contribution in [0.3, 0.4) is 0 Å². The molecule has 2 heterocycles. The molecule has 0 atom stereocenters. The number of anilines is 3. The maximum Gasteiger partial charge on any atom is 0.416 e. The van der Waals surface area contributed by atoms with Crippen LogP contribution in [0, 0.1) is 0 Å². The summed E-state index contributed by atoms with van der Waals surface area (Å²) < 4.78 is 68.3. The number of nitrogens with one attached hydrogen (secondary N) is 1. The van der Waals surface area contributed by atoms with Crippen molar-refractivity contribution in [3.05, 3.63) is 47.5 Å². The van der Waals surface area contributed by atoms with E-state index in [9.17, 15) is 26.4 Å². The zero-order valence-corrected chi connectivity index (χ0v) is 17.7. The third kappa shape index (κ3) is 4.21. The van der Waals surface area contributed by atoms with Gasteiger partial charge in [-0.2, -0.15) is 13.2 Å². The second-order valence-corrected chi connectivity index (χ2v) is 9.49. The lowest BCUT2D eigenvalue weighted by Crippen LogP contribution is -2.30. The van der Waals surface area contributed by atoms with Gasteiger partial charge in [-0.05, 0) is 61.2 Å². The molecule has 10 heteroatoms. The predicted octanol–water partition coefficient (Wildman–Crippen LogP) is 4.02. The number of sulfonamides is 1. The van der Waals surface area contributed by atoms with E-state index >= 15 is 0 Å². The molecule has 0 saturated carbocycles. The van der Waals surface area contributed by atoms with E-state index in [2.05, 4.69) is 4.72 Å². The highest BCUT2D eigenvalue weighted by atomic mass is 32.2. The van der Waals surface area contributed by atoms with Gasteiger partial charge in [0.15, 0.2) is 0 Å². The Labute approximate surface area is 178 Å². The Morgan fingerprint density at radius 1 is 0.968 bits per heavy atom. The largest absolute Gasteiger partial charge is 0.416 e. The molecule has 4 rings (SSSR count). The third-order valence-electron chi connectivity index (χ3n) is 5.70. The molecule has 166 valence electrons. The number of rotatable bonds is 4. The van der Waals surface area contributed by atoms with E-state index in [1.807, 2.05) is 4.90 Å². The SMILES string of the molecule is CN1C(=O)Cc2cc(S(=O)(=O)Nc3cc(C(F)(F)F)ccc3N3CCCCC3)ccc21. The minimum Gasteiger partial charge on any atom is -0.370 e. The summed E-state index contributed by atoms with van der Waals surface area (Å²) in [5, 5.41) is 0. The second kappa shape index (κ2) is 7.74. The molecule has 2 aliphatic heterocycles. The molecule has 0 radical (unpaired) electrons. The first kappa shape index (κ1) is 21.5. The Balaban J connectivity index is 1.71. The van der Waals surface area contributed by atoms with Crippen LogP contribution in [0.25, 0.3) is 0 Å². The number of amides is 1. The molecule has 0 aliphatic carbocycles. The molecule has 6 nitrogen and oxygen atoms in total. The van der Waals surface area contributed by atoms with Crippen molar-refractivity contribution in [2.75, 3.05) is 34.7 Å². The van der Waals surface area contributed by atoms with Gasteiger partial charge in [-0.3, -0.25) is 9.52 Å². The number of nitrogens with zero attached hydrogens (tertiary/aromatic N) is 2. The Hall–Kier alpha value is -2.75. The van der Waals surface area contributed by atoms with E-state index in [1.54, 1.807) is 7.05 Å². The number of carbonyl (C=O) groups is 1. The molecule has 0 unspecified atom stereocenters. The summed E-state index contributed by atoms with van der Waals surface area (Å²) in [6.45, 7) is 1.29. The molecule has 31 heavy (non-hydrogen) atoms. The number of hydrogen-bond acceptors (Lipinski definition) is 4. The fourth-order valence-electron chi connectivity index (χ4n) is 4.02. The standard InChI is InChI=1S/C21H22F3N3O3S/c1-26-18-8-6-16(11-14(18)12-20(26)28)31(29,30)25-17-13-15(21(22,23)24)5-7-19(17)27-9-3-2-4-10-27/h5-8,11,13,25H,2-4,9-10,12H2,1H3. The molecular weight excluding hydrogens is 431 g/mol. The van der Waals surface area contributed by atoms with Gasteiger partial charge in [-0.15, -0.1) is 0 Å². The summed E-state index contributed by atoms with van der Waals surface area (Å²) in [6, 6.07) is 7.41. The van der Waals surface area contributed by atoms with Crippen LogP contribution in [-0.2, 0) is 27.4 Å². The van der Waals surface area contributed by atoms with E-state index in [4.69, 9.17) is 0 Å². The van der Waals surface area contributed by atoms with Crippen molar-refractivity contribution in [2.24, 2.45) is 0 Å². The fraction of sp³-hybridized carbons (Fsp3) is 0.381. The highest BCUT2D eigenvalue weighted by Crippen LogP contribution is 2.38. The highest BCUT2D eigenvalue weighted by Gasteiger charge is 2.33. The van der Waals surface area contributed by atoms with Crippen molar-refractivity contribution in [2.45, 2.75) is 36.8 Å². The van der Waals surface area contributed by atoms with Gasteiger partial charge in [0.05, 0.1) is 28.3 Å². The average Bonchev–Trinajstić information content (AvgIpc) is 3.01.